The number of aromatic nitrogens is 2. The van der Waals surface area contributed by atoms with Gasteiger partial charge in [0.25, 0.3) is 5.88 Å². The second-order valence-electron chi connectivity index (χ2n) is 6.67. The fraction of sp³-hybridized carbons (Fsp3) is 0.526. The zero-order valence-electron chi connectivity index (χ0n) is 14.9. The first-order chi connectivity index (χ1) is 12.1. The molecule has 0 radical (unpaired) electrons. The van der Waals surface area contributed by atoms with Gasteiger partial charge in [0.1, 0.15) is 5.76 Å². The fourth-order valence-electron chi connectivity index (χ4n) is 3.35. The molecule has 1 fully saturated rings. The van der Waals surface area contributed by atoms with Gasteiger partial charge in [-0.15, -0.1) is 0 Å². The third kappa shape index (κ3) is 4.81. The van der Waals surface area contributed by atoms with Crippen LogP contribution in [0, 0.1) is 12.8 Å². The average Bonchev–Trinajstić information content (AvgIpc) is 3.08. The van der Waals surface area contributed by atoms with E-state index in [4.69, 9.17) is 9.26 Å². The number of likely N-dealkylation sites (tertiary alicyclic amines) is 1. The van der Waals surface area contributed by atoms with Crippen molar-refractivity contribution in [2.75, 3.05) is 20.2 Å². The monoisotopic (exact) mass is 343 g/mol. The molecule has 3 rings (SSSR count). The summed E-state index contributed by atoms with van der Waals surface area (Å²) >= 11 is 0. The van der Waals surface area contributed by atoms with Crippen molar-refractivity contribution >= 4 is 5.91 Å². The van der Waals surface area contributed by atoms with Crippen LogP contribution in [0.15, 0.2) is 28.9 Å². The number of methoxy groups -OCH3 is 1. The van der Waals surface area contributed by atoms with Crippen molar-refractivity contribution in [1.82, 2.24) is 15.0 Å². The summed E-state index contributed by atoms with van der Waals surface area (Å²) < 4.78 is 10.1. The van der Waals surface area contributed by atoms with Crippen molar-refractivity contribution < 1.29 is 14.1 Å². The van der Waals surface area contributed by atoms with E-state index in [9.17, 15) is 4.79 Å². The van der Waals surface area contributed by atoms with Crippen LogP contribution in [0.3, 0.4) is 0 Å². The second kappa shape index (κ2) is 8.14. The summed E-state index contributed by atoms with van der Waals surface area (Å²) in [5, 5.41) is 3.75. The summed E-state index contributed by atoms with van der Waals surface area (Å²) in [6.45, 7) is 3.70. The van der Waals surface area contributed by atoms with Crippen molar-refractivity contribution in [3.8, 4) is 5.88 Å². The first kappa shape index (κ1) is 17.5. The van der Waals surface area contributed by atoms with Gasteiger partial charge in [0.15, 0.2) is 0 Å². The molecule has 0 saturated carbocycles. The third-order valence-corrected chi connectivity index (χ3v) is 4.78. The van der Waals surface area contributed by atoms with Gasteiger partial charge in [-0.2, -0.15) is 0 Å². The summed E-state index contributed by atoms with van der Waals surface area (Å²) in [5.74, 6) is 1.97. The highest BCUT2D eigenvalue weighted by Crippen LogP contribution is 2.22. The minimum Gasteiger partial charge on any atom is -0.479 e. The molecule has 0 aliphatic carbocycles. The number of piperidine rings is 1. The smallest absolute Gasteiger partial charge is 0.254 e. The minimum absolute atomic E-state index is 0.188. The molecule has 1 aliphatic rings. The van der Waals surface area contributed by atoms with Crippen LogP contribution in [0.25, 0.3) is 0 Å². The lowest BCUT2D eigenvalue weighted by Crippen LogP contribution is -2.39. The third-order valence-electron chi connectivity index (χ3n) is 4.78. The molecule has 0 aromatic carbocycles. The van der Waals surface area contributed by atoms with E-state index in [2.05, 4.69) is 22.3 Å². The van der Waals surface area contributed by atoms with Gasteiger partial charge < -0.3 is 14.2 Å². The van der Waals surface area contributed by atoms with E-state index >= 15 is 0 Å². The minimum atomic E-state index is 0.188. The number of pyridine rings is 1. The van der Waals surface area contributed by atoms with Gasteiger partial charge in [-0.3, -0.25) is 9.78 Å². The molecule has 3 heterocycles. The molecule has 0 bridgehead atoms. The van der Waals surface area contributed by atoms with Gasteiger partial charge >= 0.3 is 0 Å². The molecule has 1 amide bonds. The number of hydrogen-bond donors (Lipinski definition) is 0. The normalized spacial score (nSPS) is 15.4. The van der Waals surface area contributed by atoms with Crippen molar-refractivity contribution in [2.24, 2.45) is 5.92 Å². The number of rotatable bonds is 6. The maximum Gasteiger partial charge on any atom is 0.254 e. The van der Waals surface area contributed by atoms with Gasteiger partial charge in [-0.05, 0) is 55.0 Å². The Morgan fingerprint density at radius 2 is 2.16 bits per heavy atom. The highest BCUT2D eigenvalue weighted by molar-refractivity contribution is 5.76. The lowest BCUT2D eigenvalue weighted by Gasteiger charge is -2.32. The van der Waals surface area contributed by atoms with E-state index in [1.54, 1.807) is 13.2 Å². The molecule has 0 atom stereocenters. The molecule has 0 spiro atoms. The Morgan fingerprint density at radius 3 is 2.84 bits per heavy atom. The van der Waals surface area contributed by atoms with Crippen molar-refractivity contribution in [3.05, 3.63) is 41.4 Å². The largest absolute Gasteiger partial charge is 0.479 e. The summed E-state index contributed by atoms with van der Waals surface area (Å²) in [7, 11) is 1.55. The molecule has 134 valence electrons. The van der Waals surface area contributed by atoms with Crippen LogP contribution in [0.1, 0.15) is 36.3 Å². The highest BCUT2D eigenvalue weighted by Gasteiger charge is 2.23. The molecule has 6 nitrogen and oxygen atoms in total. The van der Waals surface area contributed by atoms with Gasteiger partial charge in [0.05, 0.1) is 7.11 Å². The van der Waals surface area contributed by atoms with E-state index in [-0.39, 0.29) is 5.91 Å². The Labute approximate surface area is 148 Å². The number of carbonyl (C=O) groups is 1. The van der Waals surface area contributed by atoms with Crippen LogP contribution >= 0.6 is 0 Å². The first-order valence-corrected chi connectivity index (χ1v) is 8.83. The Balaban J connectivity index is 1.42. The molecule has 0 N–H and O–H groups in total. The van der Waals surface area contributed by atoms with E-state index < -0.39 is 0 Å². The lowest BCUT2D eigenvalue weighted by atomic mass is 9.90. The van der Waals surface area contributed by atoms with Gasteiger partial charge in [-0.25, -0.2) is 0 Å². The molecule has 1 saturated heterocycles. The second-order valence-corrected chi connectivity index (χ2v) is 6.67. The average molecular weight is 343 g/mol. The van der Waals surface area contributed by atoms with Crippen molar-refractivity contribution in [2.45, 2.75) is 39.0 Å². The summed E-state index contributed by atoms with van der Waals surface area (Å²) in [6, 6.07) is 5.98. The van der Waals surface area contributed by atoms with Crippen molar-refractivity contribution in [1.29, 1.82) is 0 Å². The number of hydrogen-bond acceptors (Lipinski definition) is 5. The van der Waals surface area contributed by atoms with Gasteiger partial charge in [-0.1, -0.05) is 0 Å². The molecule has 2 aromatic heterocycles. The van der Waals surface area contributed by atoms with E-state index in [0.717, 1.165) is 38.0 Å². The van der Waals surface area contributed by atoms with Crippen LogP contribution in [0.2, 0.25) is 0 Å². The topological polar surface area (TPSA) is 68.5 Å². The molecule has 25 heavy (non-hydrogen) atoms. The van der Waals surface area contributed by atoms with Crippen LogP contribution in [-0.4, -0.2) is 41.1 Å². The molecule has 0 unspecified atom stereocenters. The zero-order valence-corrected chi connectivity index (χ0v) is 14.9. The highest BCUT2D eigenvalue weighted by atomic mass is 16.5. The molecular weight excluding hydrogens is 318 g/mol. The van der Waals surface area contributed by atoms with Gasteiger partial charge in [0.2, 0.25) is 5.91 Å². The van der Waals surface area contributed by atoms with Crippen LogP contribution in [-0.2, 0) is 17.6 Å². The Morgan fingerprint density at radius 1 is 1.36 bits per heavy atom. The van der Waals surface area contributed by atoms with E-state index in [1.165, 1.54) is 5.56 Å². The fourth-order valence-corrected chi connectivity index (χ4v) is 3.35. The number of aryl methyl sites for hydroxylation is 2. The Bertz CT molecular complexity index is 705. The Hall–Kier alpha value is -2.37. The standard InChI is InChI=1S/C19H25N3O3/c1-14-11-16(5-8-20-14)12-15-6-9-22(10-7-15)19(23)4-3-17-13-18(24-2)21-25-17/h5,8,11,13,15H,3-4,6-7,9-10,12H2,1-2H3. The first-order valence-electron chi connectivity index (χ1n) is 8.83. The van der Waals surface area contributed by atoms with Gasteiger partial charge in [0, 0.05) is 43.9 Å². The lowest BCUT2D eigenvalue weighted by molar-refractivity contribution is -0.132. The number of amides is 1. The predicted octanol–water partition coefficient (Wildman–Crippen LogP) is 2.80. The molecule has 1 aliphatic heterocycles. The SMILES string of the molecule is COc1cc(CCC(=O)N2CCC(Cc3ccnc(C)c3)CC2)on1. The van der Waals surface area contributed by atoms with Crippen LogP contribution in [0.5, 0.6) is 5.88 Å². The summed E-state index contributed by atoms with van der Waals surface area (Å²) in [4.78, 5) is 18.6. The predicted molar refractivity (Wildman–Crippen MR) is 93.4 cm³/mol. The molecule has 6 heteroatoms. The van der Waals surface area contributed by atoms with Crippen molar-refractivity contribution in [3.63, 3.8) is 0 Å². The number of nitrogens with zero attached hydrogens (tertiary/aromatic N) is 3. The van der Waals surface area contributed by atoms with E-state index in [1.807, 2.05) is 18.0 Å². The molecular formula is C19H25N3O3. The van der Waals surface area contributed by atoms with Crippen LogP contribution < -0.4 is 4.74 Å². The summed E-state index contributed by atoms with van der Waals surface area (Å²) in [5.41, 5.74) is 2.41. The Kier molecular flexibility index (Phi) is 5.68. The zero-order chi connectivity index (χ0) is 17.6. The number of carbonyl (C=O) groups excluding carboxylic acids is 1. The molecule has 2 aromatic rings. The maximum atomic E-state index is 12.4. The van der Waals surface area contributed by atoms with E-state index in [0.29, 0.717) is 30.4 Å². The number of ether oxygens (including phenoxy) is 1. The quantitative estimate of drug-likeness (QED) is 0.807. The maximum absolute atomic E-state index is 12.4. The van der Waals surface area contributed by atoms with Crippen LogP contribution in [0.4, 0.5) is 0 Å². The summed E-state index contributed by atoms with van der Waals surface area (Å²) in [6.07, 6.45) is 6.08.